The van der Waals surface area contributed by atoms with Crippen molar-refractivity contribution in [1.29, 1.82) is 0 Å². The molecule has 1 aliphatic rings. The van der Waals surface area contributed by atoms with Gasteiger partial charge in [0, 0.05) is 110 Å². The van der Waals surface area contributed by atoms with Crippen molar-refractivity contribution in [2.45, 2.75) is 37.8 Å². The van der Waals surface area contributed by atoms with Crippen LogP contribution in [0.4, 0.5) is 38.9 Å². The van der Waals surface area contributed by atoms with Gasteiger partial charge in [0.15, 0.2) is 0 Å². The average Bonchev–Trinajstić information content (AvgIpc) is 4.26. The highest BCUT2D eigenvalue weighted by Crippen LogP contribution is 2.25. The fourth-order valence-corrected chi connectivity index (χ4v) is 6.69. The zero-order chi connectivity index (χ0) is 51.2. The molecule has 1 saturated carbocycles. The predicted molar refractivity (Wildman–Crippen MR) is 263 cm³/mol. The van der Waals surface area contributed by atoms with Crippen molar-refractivity contribution in [3.05, 3.63) is 220 Å². The third-order valence-electron chi connectivity index (χ3n) is 10.2. The highest BCUT2D eigenvalue weighted by atomic mass is 19.1. The first kappa shape index (κ1) is 51.4. The summed E-state index contributed by atoms with van der Waals surface area (Å²) in [6.45, 7) is 0. The van der Waals surface area contributed by atoms with Crippen LogP contribution in [0.1, 0.15) is 36.0 Å². The zero-order valence-electron chi connectivity index (χ0n) is 38.0. The number of rotatable bonds is 11. The van der Waals surface area contributed by atoms with Gasteiger partial charge in [0.05, 0.1) is 57.5 Å². The van der Waals surface area contributed by atoms with Gasteiger partial charge in [-0.3, -0.25) is 35.1 Å². The number of carbonyl (C=O) groups is 1. The number of amides is 1. The number of carbonyl (C=O) groups excluding carboxylic acids is 1. The second kappa shape index (κ2) is 25.9. The number of H-pyrrole nitrogens is 1. The summed E-state index contributed by atoms with van der Waals surface area (Å²) in [5.41, 5.74) is 15.0. The van der Waals surface area contributed by atoms with Crippen LogP contribution in [0.15, 0.2) is 178 Å². The molecule has 0 radical (unpaired) electrons. The molecule has 0 aliphatic heterocycles. The van der Waals surface area contributed by atoms with E-state index in [1.807, 2.05) is 35.0 Å². The van der Waals surface area contributed by atoms with Gasteiger partial charge in [-0.2, -0.15) is 4.98 Å². The third-order valence-corrected chi connectivity index (χ3v) is 10.2. The van der Waals surface area contributed by atoms with E-state index in [-0.39, 0.29) is 34.7 Å². The molecular weight excluding hydrogens is 934 g/mol. The molecule has 9 aromatic rings. The molecular formula is C47H46FN17O7. The summed E-state index contributed by atoms with van der Waals surface area (Å²) in [6, 6.07) is 25.2. The van der Waals surface area contributed by atoms with E-state index >= 15 is 0 Å². The number of halogens is 1. The summed E-state index contributed by atoms with van der Waals surface area (Å²) in [5.74, 6) is -0.416. The summed E-state index contributed by atoms with van der Waals surface area (Å²) in [4.78, 5) is 68.4. The van der Waals surface area contributed by atoms with Crippen molar-refractivity contribution in [2.24, 2.45) is 11.5 Å². The molecule has 0 bridgehead atoms. The molecule has 1 amide bonds. The van der Waals surface area contributed by atoms with E-state index in [0.717, 1.165) is 60.6 Å². The number of nitrogens with one attached hydrogen (secondary N) is 3. The van der Waals surface area contributed by atoms with E-state index in [0.29, 0.717) is 11.8 Å². The predicted octanol–water partition coefficient (Wildman–Crippen LogP) is 7.89. The van der Waals surface area contributed by atoms with Crippen LogP contribution >= 0.6 is 0 Å². The second-order valence-electron chi connectivity index (χ2n) is 15.2. The largest absolute Gasteiger partial charge is 0.365 e. The maximum atomic E-state index is 12.2. The van der Waals surface area contributed by atoms with Crippen molar-refractivity contribution in [1.82, 2.24) is 48.6 Å². The Bertz CT molecular complexity index is 3020. The lowest BCUT2D eigenvalue weighted by molar-refractivity contribution is -0.385. The van der Waals surface area contributed by atoms with Crippen molar-refractivity contribution >= 4 is 40.4 Å². The maximum Gasteiger partial charge on any atom is 0.272 e. The Morgan fingerprint density at radius 3 is 1.62 bits per heavy atom. The number of primary amides is 1. The molecule has 7 N–H and O–H groups in total. The standard InChI is InChI=1S/C20H24N8O.2C9H7N3O2.C6H4FNO2.C3H4N2/c21-16-6-1-2-7-17(16)26-20-24-11-15(18(22)29)19(27-20)25-13-4-3-5-14(10-13)28-9-8-23-12-28;2*13-12(14)9-3-1-2-8(6-9)11-5-4-10-7-11;7-5-2-1-3-6(4-5)8(9)10;1-2-5-3-4-1/h3-5,8-12,16-17H,1-2,6-7,21H2,(H2,22,29)(H2,24,25,26,27);2*1-7H;1-4H;1-3H,(H,4,5)/t16-,17+;;;;/m0..../s1. The molecule has 0 spiro atoms. The lowest BCUT2D eigenvalue weighted by atomic mass is 9.91. The molecule has 5 aromatic heterocycles. The van der Waals surface area contributed by atoms with E-state index in [1.54, 1.807) is 102 Å². The first-order chi connectivity index (χ1) is 34.8. The van der Waals surface area contributed by atoms with E-state index in [9.17, 15) is 39.5 Å². The maximum absolute atomic E-state index is 12.2. The average molecular weight is 980 g/mol. The number of nitrogens with zero attached hydrogens (tertiary/aromatic N) is 12. The van der Waals surface area contributed by atoms with Crippen LogP contribution in [-0.2, 0) is 0 Å². The van der Waals surface area contributed by atoms with Crippen LogP contribution in [0.25, 0.3) is 17.1 Å². The van der Waals surface area contributed by atoms with Gasteiger partial charge >= 0.3 is 0 Å². The van der Waals surface area contributed by atoms with Gasteiger partial charge in [-0.25, -0.2) is 29.3 Å². The van der Waals surface area contributed by atoms with Gasteiger partial charge in [0.1, 0.15) is 17.2 Å². The van der Waals surface area contributed by atoms with E-state index in [1.165, 1.54) is 42.6 Å². The first-order valence-corrected chi connectivity index (χ1v) is 21.7. The van der Waals surface area contributed by atoms with E-state index in [2.05, 4.69) is 45.5 Å². The lowest BCUT2D eigenvalue weighted by Crippen LogP contribution is -2.43. The molecule has 25 heteroatoms. The van der Waals surface area contributed by atoms with E-state index < -0.39 is 26.5 Å². The highest BCUT2D eigenvalue weighted by Gasteiger charge is 2.23. The first-order valence-electron chi connectivity index (χ1n) is 21.7. The summed E-state index contributed by atoms with van der Waals surface area (Å²) >= 11 is 0. The smallest absolute Gasteiger partial charge is 0.272 e. The molecule has 2 atom stereocenters. The minimum Gasteiger partial charge on any atom is -0.365 e. The summed E-state index contributed by atoms with van der Waals surface area (Å²) in [6.07, 6.45) is 25.9. The van der Waals surface area contributed by atoms with Gasteiger partial charge in [0.2, 0.25) is 5.95 Å². The molecule has 4 aromatic carbocycles. The molecule has 1 aliphatic carbocycles. The van der Waals surface area contributed by atoms with Crippen LogP contribution in [0, 0.1) is 36.2 Å². The Hall–Kier alpha value is -10.0. The van der Waals surface area contributed by atoms with Gasteiger partial charge in [-0.1, -0.05) is 37.1 Å². The second-order valence-corrected chi connectivity index (χ2v) is 15.2. The monoisotopic (exact) mass is 979 g/mol. The molecule has 10 rings (SSSR count). The number of hydrogen-bond acceptors (Lipinski definition) is 16. The number of nitrogens with two attached hydrogens (primary N) is 2. The van der Waals surface area contributed by atoms with Crippen LogP contribution < -0.4 is 22.1 Å². The van der Waals surface area contributed by atoms with Crippen molar-refractivity contribution in [2.75, 3.05) is 10.6 Å². The van der Waals surface area contributed by atoms with Crippen LogP contribution in [0.2, 0.25) is 0 Å². The van der Waals surface area contributed by atoms with Crippen LogP contribution in [0.5, 0.6) is 0 Å². The molecule has 0 unspecified atom stereocenters. The Morgan fingerprint density at radius 1 is 0.681 bits per heavy atom. The van der Waals surface area contributed by atoms with Gasteiger partial charge < -0.3 is 40.8 Å². The minimum absolute atomic E-state index is 0.0615. The number of imidazole rings is 4. The highest BCUT2D eigenvalue weighted by molar-refractivity contribution is 5.98. The number of nitro groups is 3. The summed E-state index contributed by atoms with van der Waals surface area (Å²) in [7, 11) is 0. The number of anilines is 3. The van der Waals surface area contributed by atoms with E-state index in [4.69, 9.17) is 11.5 Å². The number of nitro benzene ring substituents is 3. The normalized spacial score (nSPS) is 13.4. The fraction of sp³-hybridized carbons (Fsp3) is 0.128. The van der Waals surface area contributed by atoms with Gasteiger partial charge in [-0.15, -0.1) is 0 Å². The summed E-state index contributed by atoms with van der Waals surface area (Å²) in [5, 5.41) is 37.5. The summed E-state index contributed by atoms with van der Waals surface area (Å²) < 4.78 is 17.5. The van der Waals surface area contributed by atoms with Crippen LogP contribution in [-0.4, -0.2) is 81.3 Å². The minimum atomic E-state index is -0.636. The Morgan fingerprint density at radius 2 is 1.19 bits per heavy atom. The van der Waals surface area contributed by atoms with Crippen molar-refractivity contribution < 1.29 is 24.0 Å². The van der Waals surface area contributed by atoms with Gasteiger partial charge in [0.25, 0.3) is 23.0 Å². The van der Waals surface area contributed by atoms with Crippen LogP contribution in [0.3, 0.4) is 0 Å². The zero-order valence-corrected chi connectivity index (χ0v) is 38.0. The van der Waals surface area contributed by atoms with Crippen molar-refractivity contribution in [3.8, 4) is 17.1 Å². The topological polar surface area (TPSA) is 331 Å². The fourth-order valence-electron chi connectivity index (χ4n) is 6.69. The molecule has 368 valence electrons. The quantitative estimate of drug-likeness (QED) is 0.0607. The Kier molecular flexibility index (Phi) is 18.5. The number of hydrogen-bond donors (Lipinski definition) is 5. The Balaban J connectivity index is 0.000000165. The molecule has 5 heterocycles. The number of benzene rings is 4. The van der Waals surface area contributed by atoms with Crippen molar-refractivity contribution in [3.63, 3.8) is 0 Å². The number of non-ortho nitro benzene ring substituents is 3. The molecule has 24 nitrogen and oxygen atoms in total. The lowest BCUT2D eigenvalue weighted by Gasteiger charge is -2.29. The molecule has 72 heavy (non-hydrogen) atoms. The number of aromatic nitrogens is 10. The third kappa shape index (κ3) is 15.5. The molecule has 1 fully saturated rings. The Labute approximate surface area is 408 Å². The number of aromatic amines is 1. The molecule has 0 saturated heterocycles. The SMILES string of the molecule is NC(=O)c1cnc(N[C@@H]2CCCC[C@@H]2N)nc1Nc1cccc(-n2ccnc2)c1.O=[N+]([O-])c1cccc(-n2ccnc2)c1.O=[N+]([O-])c1cccc(-n2ccnc2)c1.O=[N+]([O-])c1cccc(F)c1.c1c[nH]cn1. The van der Waals surface area contributed by atoms with Gasteiger partial charge in [-0.05, 0) is 49.2 Å².